The summed E-state index contributed by atoms with van der Waals surface area (Å²) in [4.78, 5) is 21.2. The van der Waals surface area contributed by atoms with Gasteiger partial charge in [0, 0.05) is 12.8 Å². The molecule has 0 radical (unpaired) electrons. The average Bonchev–Trinajstić information content (AvgIpc) is 3.10. The summed E-state index contributed by atoms with van der Waals surface area (Å²) in [7, 11) is 5.08. The van der Waals surface area contributed by atoms with E-state index >= 15 is 0 Å². The van der Waals surface area contributed by atoms with Gasteiger partial charge in [-0.25, -0.2) is 9.97 Å². The van der Waals surface area contributed by atoms with Crippen LogP contribution in [0, 0.1) is 5.92 Å². The first kappa shape index (κ1) is 36.6. The number of hydrogen-bond donors (Lipinski definition) is 3. The quantitative estimate of drug-likeness (QED) is 0.131. The molecule has 11 heteroatoms. The maximum atomic E-state index is 13.1. The van der Waals surface area contributed by atoms with E-state index in [-0.39, 0.29) is 22.5 Å². The van der Waals surface area contributed by atoms with Crippen molar-refractivity contribution in [3.05, 3.63) is 94.5 Å². The van der Waals surface area contributed by atoms with Gasteiger partial charge in [-0.1, -0.05) is 41.9 Å². The van der Waals surface area contributed by atoms with E-state index in [0.29, 0.717) is 12.5 Å². The minimum Gasteiger partial charge on any atom is -0.497 e. The van der Waals surface area contributed by atoms with E-state index < -0.39 is 5.91 Å². The van der Waals surface area contributed by atoms with Crippen molar-refractivity contribution in [2.75, 3.05) is 65.5 Å². The topological polar surface area (TPSA) is 135 Å². The van der Waals surface area contributed by atoms with Crippen LogP contribution in [0.3, 0.4) is 0 Å². The van der Waals surface area contributed by atoms with Crippen LogP contribution in [0.25, 0.3) is 0 Å². The van der Waals surface area contributed by atoms with Gasteiger partial charge in [-0.3, -0.25) is 4.79 Å². The van der Waals surface area contributed by atoms with E-state index in [1.54, 1.807) is 21.3 Å². The third kappa shape index (κ3) is 10.9. The highest BCUT2D eigenvalue weighted by Gasteiger charge is 2.28. The number of aryl methyl sites for hydroxylation is 2. The van der Waals surface area contributed by atoms with Gasteiger partial charge in [0.15, 0.2) is 22.5 Å². The van der Waals surface area contributed by atoms with Crippen LogP contribution in [-0.2, 0) is 17.6 Å². The van der Waals surface area contributed by atoms with Crippen molar-refractivity contribution in [1.29, 1.82) is 0 Å². The van der Waals surface area contributed by atoms with Gasteiger partial charge >= 0.3 is 0 Å². The fraction of sp³-hybridized carbons (Fsp3) is 0.432. The summed E-state index contributed by atoms with van der Waals surface area (Å²) in [5, 5.41) is 3.00. The monoisotopic (exact) mass is 677 g/mol. The largest absolute Gasteiger partial charge is 0.497 e. The van der Waals surface area contributed by atoms with E-state index in [1.165, 1.54) is 11.1 Å². The smallest absolute Gasteiger partial charge is 0.273 e. The fourth-order valence-electron chi connectivity index (χ4n) is 6.29. The predicted octanol–water partition coefficient (Wildman–Crippen LogP) is 6.01. The molecule has 1 aliphatic carbocycles. The summed E-state index contributed by atoms with van der Waals surface area (Å²) < 4.78 is 17.0. The Labute approximate surface area is 289 Å². The number of hydrogen-bond acceptors (Lipinski definition) is 8. The maximum absolute atomic E-state index is 13.1. The van der Waals surface area contributed by atoms with Crippen molar-refractivity contribution < 1.29 is 23.5 Å². The van der Waals surface area contributed by atoms with E-state index in [2.05, 4.69) is 57.8 Å². The number of amides is 1. The number of nitrogens with one attached hydrogen (secondary N) is 1. The zero-order valence-electron chi connectivity index (χ0n) is 28.4. The molecule has 2 aromatic carbocycles. The first-order valence-electron chi connectivity index (χ1n) is 16.6. The van der Waals surface area contributed by atoms with E-state index in [4.69, 9.17) is 37.3 Å². The number of aromatic nitrogens is 2. The number of halogens is 1. The molecule has 1 aliphatic rings. The number of allylic oxidation sites excluding steroid dienone is 3. The van der Waals surface area contributed by atoms with E-state index in [0.717, 1.165) is 92.9 Å². The summed E-state index contributed by atoms with van der Waals surface area (Å²) in [6.07, 6.45) is 13.6. The highest BCUT2D eigenvalue weighted by atomic mass is 35.5. The molecule has 1 unspecified atom stereocenters. The Balaban J connectivity index is 1.49. The van der Waals surface area contributed by atoms with Crippen LogP contribution in [0.4, 0.5) is 11.6 Å². The van der Waals surface area contributed by atoms with Crippen molar-refractivity contribution in [1.82, 2.24) is 15.3 Å². The molecule has 0 fully saturated rings. The molecule has 5 N–H and O–H groups in total. The molecule has 48 heavy (non-hydrogen) atoms. The SMILES string of the molecule is COC1=CCC(CCC[N+](CCCc2ccc(OC)cc2)(CCCc2ccc(OC)cc2)CCNC(=O)c2nc(Cl)c(N)nc2N)C=C1. The predicted molar refractivity (Wildman–Crippen MR) is 192 cm³/mol. The van der Waals surface area contributed by atoms with Gasteiger partial charge in [0.05, 0.1) is 54.1 Å². The molecular weight excluding hydrogens is 628 g/mol. The van der Waals surface area contributed by atoms with Crippen LogP contribution >= 0.6 is 11.6 Å². The maximum Gasteiger partial charge on any atom is 0.273 e. The van der Waals surface area contributed by atoms with E-state index in [9.17, 15) is 4.79 Å². The number of anilines is 2. The van der Waals surface area contributed by atoms with Gasteiger partial charge in [0.2, 0.25) is 0 Å². The Bertz CT molecular complexity index is 1470. The molecule has 0 aliphatic heterocycles. The molecule has 0 spiro atoms. The van der Waals surface area contributed by atoms with Crippen LogP contribution in [0.1, 0.15) is 53.7 Å². The van der Waals surface area contributed by atoms with Crippen LogP contribution in [0.2, 0.25) is 5.15 Å². The highest BCUT2D eigenvalue weighted by molar-refractivity contribution is 6.31. The molecular formula is C37H50ClN6O4+. The third-order valence-corrected chi connectivity index (χ3v) is 9.38. The standard InChI is InChI=1S/C37H49ClN6O4/c1-46-30-16-10-27(11-17-30)7-4-23-44(24-5-8-28-12-18-31(47-2)19-13-28,25-6-9-29-14-20-32(48-3)21-15-29)26-22-41-37(45)33-35(39)43-36(40)34(38)42-33/h10-14,16-21,29H,4-9,15,22-26H2,1-3H3,(H4-,39,40,41,43,45)/p+1. The van der Waals surface area contributed by atoms with Gasteiger partial charge in [0.25, 0.3) is 5.91 Å². The van der Waals surface area contributed by atoms with Crippen LogP contribution in [-0.4, -0.2) is 74.4 Å². The van der Waals surface area contributed by atoms with Crippen molar-refractivity contribution in [2.45, 2.75) is 44.9 Å². The number of rotatable bonds is 19. The lowest BCUT2D eigenvalue weighted by Gasteiger charge is -2.40. The minimum absolute atomic E-state index is 0.00290. The number of carbonyl (C=O) groups excluding carboxylic acids is 1. The van der Waals surface area contributed by atoms with Crippen LogP contribution < -0.4 is 26.3 Å². The zero-order valence-corrected chi connectivity index (χ0v) is 29.2. The number of quaternary nitrogens is 1. The van der Waals surface area contributed by atoms with Crippen molar-refractivity contribution >= 4 is 29.1 Å². The highest BCUT2D eigenvalue weighted by Crippen LogP contribution is 2.24. The number of nitrogens with zero attached hydrogens (tertiary/aromatic N) is 3. The lowest BCUT2D eigenvalue weighted by atomic mass is 9.94. The first-order valence-corrected chi connectivity index (χ1v) is 17.0. The number of ether oxygens (including phenoxy) is 3. The zero-order chi connectivity index (χ0) is 34.4. The number of benzene rings is 2. The number of methoxy groups -OCH3 is 3. The van der Waals surface area contributed by atoms with Gasteiger partial charge in [0.1, 0.15) is 17.3 Å². The number of nitrogen functional groups attached to an aromatic ring is 2. The Kier molecular flexibility index (Phi) is 13.9. The Morgan fingerprint density at radius 3 is 1.94 bits per heavy atom. The molecule has 3 aromatic rings. The molecule has 1 aromatic heterocycles. The average molecular weight is 678 g/mol. The second-order valence-electron chi connectivity index (χ2n) is 12.3. The number of carbonyl (C=O) groups is 1. The van der Waals surface area contributed by atoms with Crippen molar-refractivity contribution in [3.63, 3.8) is 0 Å². The molecule has 10 nitrogen and oxygen atoms in total. The second kappa shape index (κ2) is 18.3. The van der Waals surface area contributed by atoms with Gasteiger partial charge < -0.3 is 35.5 Å². The Morgan fingerprint density at radius 1 is 0.833 bits per heavy atom. The Hall–Kier alpha value is -4.28. The van der Waals surface area contributed by atoms with Crippen molar-refractivity contribution in [2.24, 2.45) is 5.92 Å². The van der Waals surface area contributed by atoms with Gasteiger partial charge in [-0.2, -0.15) is 0 Å². The summed E-state index contributed by atoms with van der Waals surface area (Å²) in [6.45, 7) is 4.18. The molecule has 0 bridgehead atoms. The van der Waals surface area contributed by atoms with Crippen LogP contribution in [0.5, 0.6) is 11.5 Å². The lowest BCUT2D eigenvalue weighted by molar-refractivity contribution is -0.927. The number of nitrogens with two attached hydrogens (primary N) is 2. The summed E-state index contributed by atoms with van der Waals surface area (Å²) >= 11 is 6.06. The molecule has 0 saturated carbocycles. The molecule has 1 amide bonds. The third-order valence-electron chi connectivity index (χ3n) is 9.10. The second-order valence-corrected chi connectivity index (χ2v) is 12.7. The fourth-order valence-corrected chi connectivity index (χ4v) is 6.42. The molecule has 0 saturated heterocycles. The first-order chi connectivity index (χ1) is 23.2. The molecule has 1 heterocycles. The van der Waals surface area contributed by atoms with E-state index in [1.807, 2.05) is 24.3 Å². The van der Waals surface area contributed by atoms with Crippen LogP contribution in [0.15, 0.2) is 72.5 Å². The lowest BCUT2D eigenvalue weighted by Crippen LogP contribution is -2.54. The summed E-state index contributed by atoms with van der Waals surface area (Å²) in [5.41, 5.74) is 14.2. The molecule has 258 valence electrons. The van der Waals surface area contributed by atoms with Gasteiger partial charge in [-0.05, 0) is 85.6 Å². The summed E-state index contributed by atoms with van der Waals surface area (Å²) in [5.74, 6) is 2.67. The normalized spacial score (nSPS) is 14.3. The van der Waals surface area contributed by atoms with Gasteiger partial charge in [-0.15, -0.1) is 0 Å². The minimum atomic E-state index is -0.412. The Morgan fingerprint density at radius 2 is 1.42 bits per heavy atom. The van der Waals surface area contributed by atoms with Crippen molar-refractivity contribution in [3.8, 4) is 11.5 Å². The molecule has 4 rings (SSSR count). The summed E-state index contributed by atoms with van der Waals surface area (Å²) in [6, 6.07) is 16.6. The molecule has 1 atom stereocenters.